The molecule has 3 N–H and O–H groups in total. The SMILES string of the molecule is CC(=O)O[C@H]1C[C@H](n2cnc3c(=O)[nH]c(NC(=O)c4ccccc4)nc32)O[C@@H]1CO. The highest BCUT2D eigenvalue weighted by Crippen LogP contribution is 2.32. The summed E-state index contributed by atoms with van der Waals surface area (Å²) in [7, 11) is 0. The van der Waals surface area contributed by atoms with E-state index in [9.17, 15) is 19.5 Å². The molecule has 0 saturated carbocycles. The van der Waals surface area contributed by atoms with Gasteiger partial charge in [0.1, 0.15) is 18.4 Å². The van der Waals surface area contributed by atoms with Gasteiger partial charge in [-0.05, 0) is 12.1 Å². The summed E-state index contributed by atoms with van der Waals surface area (Å²) in [6, 6.07) is 8.49. The number of nitrogens with zero attached hydrogens (tertiary/aromatic N) is 3. The maximum Gasteiger partial charge on any atom is 0.302 e. The quantitative estimate of drug-likeness (QED) is 0.515. The molecule has 0 spiro atoms. The number of aliphatic hydroxyl groups is 1. The number of hydrogen-bond acceptors (Lipinski definition) is 8. The lowest BCUT2D eigenvalue weighted by atomic mass is 10.2. The second-order valence-electron chi connectivity index (χ2n) is 6.75. The fraction of sp³-hybridized carbons (Fsp3) is 0.316. The number of aliphatic hydroxyl groups excluding tert-OH is 1. The van der Waals surface area contributed by atoms with E-state index in [-0.39, 0.29) is 30.1 Å². The summed E-state index contributed by atoms with van der Waals surface area (Å²) in [5.41, 5.74) is 0.123. The Morgan fingerprint density at radius 3 is 2.83 bits per heavy atom. The number of aromatic amines is 1. The number of ether oxygens (including phenoxy) is 2. The monoisotopic (exact) mass is 413 g/mol. The van der Waals surface area contributed by atoms with Gasteiger partial charge in [0.2, 0.25) is 5.95 Å². The van der Waals surface area contributed by atoms with Gasteiger partial charge >= 0.3 is 5.97 Å². The van der Waals surface area contributed by atoms with Gasteiger partial charge in [-0.25, -0.2) is 4.98 Å². The van der Waals surface area contributed by atoms with Gasteiger partial charge < -0.3 is 14.6 Å². The zero-order valence-electron chi connectivity index (χ0n) is 15.9. The third-order valence-corrected chi connectivity index (χ3v) is 4.69. The van der Waals surface area contributed by atoms with Crippen molar-refractivity contribution in [3.63, 3.8) is 0 Å². The number of carbonyl (C=O) groups excluding carboxylic acids is 2. The number of hydrogen-bond donors (Lipinski definition) is 3. The van der Waals surface area contributed by atoms with Gasteiger partial charge in [-0.3, -0.25) is 29.3 Å². The maximum absolute atomic E-state index is 12.4. The van der Waals surface area contributed by atoms with Gasteiger partial charge in [-0.1, -0.05) is 18.2 Å². The van der Waals surface area contributed by atoms with Crippen molar-refractivity contribution in [2.75, 3.05) is 11.9 Å². The topological polar surface area (TPSA) is 148 Å². The molecule has 3 aromatic rings. The van der Waals surface area contributed by atoms with Crippen LogP contribution in [0.1, 0.15) is 29.9 Å². The van der Waals surface area contributed by atoms with Crippen LogP contribution in [0.4, 0.5) is 5.95 Å². The van der Waals surface area contributed by atoms with E-state index in [2.05, 4.69) is 20.3 Å². The lowest BCUT2D eigenvalue weighted by molar-refractivity contribution is -0.150. The molecule has 1 aliphatic heterocycles. The van der Waals surface area contributed by atoms with Gasteiger partial charge in [0, 0.05) is 18.9 Å². The number of H-pyrrole nitrogens is 1. The summed E-state index contributed by atoms with van der Waals surface area (Å²) in [5, 5.41) is 12.1. The van der Waals surface area contributed by atoms with Gasteiger partial charge in [-0.15, -0.1) is 0 Å². The molecule has 3 atom stereocenters. The van der Waals surface area contributed by atoms with Crippen LogP contribution in [0.5, 0.6) is 0 Å². The molecule has 1 saturated heterocycles. The van der Waals surface area contributed by atoms with Gasteiger partial charge in [-0.2, -0.15) is 4.98 Å². The van der Waals surface area contributed by atoms with Gasteiger partial charge in [0.05, 0.1) is 12.9 Å². The van der Waals surface area contributed by atoms with Crippen molar-refractivity contribution >= 4 is 29.0 Å². The van der Waals surface area contributed by atoms with E-state index in [0.717, 1.165) is 0 Å². The minimum atomic E-state index is -0.712. The lowest BCUT2D eigenvalue weighted by Gasteiger charge is -2.15. The van der Waals surface area contributed by atoms with Gasteiger partial charge in [0.15, 0.2) is 11.2 Å². The number of rotatable bonds is 5. The molecule has 0 radical (unpaired) electrons. The van der Waals surface area contributed by atoms with E-state index < -0.39 is 35.9 Å². The summed E-state index contributed by atoms with van der Waals surface area (Å²) < 4.78 is 12.5. The van der Waals surface area contributed by atoms with Crippen molar-refractivity contribution in [1.29, 1.82) is 0 Å². The summed E-state index contributed by atoms with van der Waals surface area (Å²) in [6.07, 6.45) is -0.394. The molecular formula is C19H19N5O6. The van der Waals surface area contributed by atoms with Crippen molar-refractivity contribution in [2.45, 2.75) is 31.8 Å². The standard InChI is InChI=1S/C19H19N5O6/c1-10(26)29-12-7-14(30-13(12)8-25)24-9-20-15-16(24)21-19(23-18(15)28)22-17(27)11-5-3-2-4-6-11/h2-6,9,12-14,25H,7-8H2,1H3,(H2,21,22,23,27,28)/t12-,13+,14+/m0/s1. The Labute approximate surface area is 169 Å². The molecule has 0 aliphatic carbocycles. The van der Waals surface area contributed by atoms with Crippen molar-refractivity contribution in [3.05, 3.63) is 52.6 Å². The average Bonchev–Trinajstić information content (AvgIpc) is 3.32. The normalized spacial score (nSPS) is 20.9. The molecule has 1 aromatic carbocycles. The number of nitrogens with one attached hydrogen (secondary N) is 2. The molecule has 11 heteroatoms. The highest BCUT2D eigenvalue weighted by atomic mass is 16.6. The molecule has 1 fully saturated rings. The van der Waals surface area contributed by atoms with Crippen LogP contribution in [0, 0.1) is 0 Å². The molecule has 4 rings (SSSR count). The Morgan fingerprint density at radius 2 is 2.13 bits per heavy atom. The molecule has 0 unspecified atom stereocenters. The average molecular weight is 413 g/mol. The van der Waals surface area contributed by atoms with E-state index in [0.29, 0.717) is 5.56 Å². The summed E-state index contributed by atoms with van der Waals surface area (Å²) >= 11 is 0. The Morgan fingerprint density at radius 1 is 1.37 bits per heavy atom. The smallest absolute Gasteiger partial charge is 0.302 e. The minimum absolute atomic E-state index is 0.0451. The van der Waals surface area contributed by atoms with E-state index in [1.54, 1.807) is 30.3 Å². The number of amides is 1. The predicted molar refractivity (Wildman–Crippen MR) is 104 cm³/mol. The molecule has 0 bridgehead atoms. The molecule has 30 heavy (non-hydrogen) atoms. The lowest BCUT2D eigenvalue weighted by Crippen LogP contribution is -2.29. The number of fused-ring (bicyclic) bond motifs is 1. The summed E-state index contributed by atoms with van der Waals surface area (Å²) in [5.74, 6) is -0.966. The molecular weight excluding hydrogens is 394 g/mol. The zero-order chi connectivity index (χ0) is 21.3. The summed E-state index contributed by atoms with van der Waals surface area (Å²) in [4.78, 5) is 46.9. The first-order valence-electron chi connectivity index (χ1n) is 9.23. The highest BCUT2D eigenvalue weighted by Gasteiger charge is 2.38. The van der Waals surface area contributed by atoms with E-state index >= 15 is 0 Å². The Bertz CT molecular complexity index is 1140. The van der Waals surface area contributed by atoms with Crippen LogP contribution in [0.3, 0.4) is 0 Å². The van der Waals surface area contributed by atoms with Crippen LogP contribution in [-0.2, 0) is 14.3 Å². The van der Waals surface area contributed by atoms with Crippen LogP contribution in [-0.4, -0.2) is 55.3 Å². The first-order chi connectivity index (χ1) is 14.5. The van der Waals surface area contributed by atoms with Crippen LogP contribution >= 0.6 is 0 Å². The molecule has 11 nitrogen and oxygen atoms in total. The number of anilines is 1. The minimum Gasteiger partial charge on any atom is -0.460 e. The van der Waals surface area contributed by atoms with Crippen LogP contribution in [0.2, 0.25) is 0 Å². The molecule has 3 heterocycles. The zero-order valence-corrected chi connectivity index (χ0v) is 15.9. The number of aromatic nitrogens is 4. The predicted octanol–water partition coefficient (Wildman–Crippen LogP) is 0.583. The van der Waals surface area contributed by atoms with Crippen molar-refractivity contribution in [2.24, 2.45) is 0 Å². The fourth-order valence-electron chi connectivity index (χ4n) is 3.34. The number of imidazole rings is 1. The third kappa shape index (κ3) is 3.80. The third-order valence-electron chi connectivity index (χ3n) is 4.69. The van der Waals surface area contributed by atoms with Gasteiger partial charge in [0.25, 0.3) is 11.5 Å². The second-order valence-corrected chi connectivity index (χ2v) is 6.75. The van der Waals surface area contributed by atoms with Crippen LogP contribution < -0.4 is 10.9 Å². The molecule has 1 aliphatic rings. The number of benzene rings is 1. The second kappa shape index (κ2) is 8.05. The van der Waals surface area contributed by atoms with Crippen molar-refractivity contribution in [1.82, 2.24) is 19.5 Å². The van der Waals surface area contributed by atoms with Crippen molar-refractivity contribution < 1.29 is 24.2 Å². The van der Waals surface area contributed by atoms with Crippen molar-refractivity contribution in [3.8, 4) is 0 Å². The Balaban J connectivity index is 1.63. The van der Waals surface area contributed by atoms with E-state index in [4.69, 9.17) is 9.47 Å². The first-order valence-corrected chi connectivity index (χ1v) is 9.23. The molecule has 2 aromatic heterocycles. The van der Waals surface area contributed by atoms with Crippen LogP contribution in [0.25, 0.3) is 11.2 Å². The fourth-order valence-corrected chi connectivity index (χ4v) is 3.34. The number of carbonyl (C=O) groups is 2. The highest BCUT2D eigenvalue weighted by molar-refractivity contribution is 6.03. The molecule has 1 amide bonds. The summed E-state index contributed by atoms with van der Waals surface area (Å²) in [6.45, 7) is 0.935. The largest absolute Gasteiger partial charge is 0.460 e. The van der Waals surface area contributed by atoms with E-state index in [1.807, 2.05) is 0 Å². The maximum atomic E-state index is 12.4. The van der Waals surface area contributed by atoms with Crippen LogP contribution in [0.15, 0.2) is 41.5 Å². The Hall–Kier alpha value is -3.57. The van der Waals surface area contributed by atoms with E-state index in [1.165, 1.54) is 17.8 Å². The Kier molecular flexibility index (Phi) is 5.29. The number of esters is 1. The molecule has 156 valence electrons. The first kappa shape index (κ1) is 19.7.